The van der Waals surface area contributed by atoms with Gasteiger partial charge in [0.25, 0.3) is 0 Å². The number of nitrogens with one attached hydrogen (secondary N) is 1. The number of anilines is 1. The summed E-state index contributed by atoms with van der Waals surface area (Å²) >= 11 is 0. The number of hydrogen-bond donors (Lipinski definition) is 1. The first-order valence-corrected chi connectivity index (χ1v) is 10.3. The third-order valence-corrected chi connectivity index (χ3v) is 4.31. The molecule has 0 radical (unpaired) electrons. The molecule has 6 nitrogen and oxygen atoms in total. The molecule has 1 unspecified atom stereocenters. The van der Waals surface area contributed by atoms with Crippen LogP contribution in [0.3, 0.4) is 0 Å². The highest BCUT2D eigenvalue weighted by Gasteiger charge is 2.28. The van der Waals surface area contributed by atoms with Gasteiger partial charge in [-0.25, -0.2) is 4.79 Å². The van der Waals surface area contributed by atoms with Gasteiger partial charge in [-0.3, -0.25) is 4.79 Å². The molecule has 2 amide bonds. The van der Waals surface area contributed by atoms with Crippen molar-refractivity contribution < 1.29 is 19.1 Å². The highest BCUT2D eigenvalue weighted by molar-refractivity contribution is 5.98. The van der Waals surface area contributed by atoms with Crippen LogP contribution >= 0.6 is 0 Å². The minimum atomic E-state index is -0.756. The molecule has 1 atom stereocenters. The van der Waals surface area contributed by atoms with Gasteiger partial charge in [0.05, 0.1) is 6.61 Å². The third kappa shape index (κ3) is 7.10. The number of alkyl carbamates (subject to hydrolysis) is 1. The Bertz CT molecular complexity index is 813. The first kappa shape index (κ1) is 23.3. The number of nitrogens with zero attached hydrogens (tertiary/aromatic N) is 1. The van der Waals surface area contributed by atoms with Crippen LogP contribution in [-0.4, -0.2) is 36.8 Å². The fourth-order valence-electron chi connectivity index (χ4n) is 3.04. The summed E-state index contributed by atoms with van der Waals surface area (Å²) in [6, 6.07) is 16.2. The number of amides is 2. The third-order valence-electron chi connectivity index (χ3n) is 4.31. The molecule has 6 heteroatoms. The van der Waals surface area contributed by atoms with Gasteiger partial charge in [0, 0.05) is 18.7 Å². The van der Waals surface area contributed by atoms with E-state index in [1.165, 1.54) is 0 Å². The van der Waals surface area contributed by atoms with Crippen LogP contribution in [0.1, 0.15) is 40.2 Å². The Hall–Kier alpha value is -3.02. The molecule has 0 spiro atoms. The predicted molar refractivity (Wildman–Crippen MR) is 119 cm³/mol. The Kier molecular flexibility index (Phi) is 8.27. The van der Waals surface area contributed by atoms with Crippen LogP contribution in [0.25, 0.3) is 0 Å². The zero-order chi connectivity index (χ0) is 22.1. The van der Waals surface area contributed by atoms with Gasteiger partial charge >= 0.3 is 6.09 Å². The van der Waals surface area contributed by atoms with E-state index < -0.39 is 17.7 Å². The maximum atomic E-state index is 13.4. The summed E-state index contributed by atoms with van der Waals surface area (Å²) in [7, 11) is 0. The van der Waals surface area contributed by atoms with Crippen LogP contribution in [0.5, 0.6) is 5.75 Å². The molecule has 30 heavy (non-hydrogen) atoms. The van der Waals surface area contributed by atoms with Crippen LogP contribution in [-0.2, 0) is 16.0 Å². The average molecular weight is 413 g/mol. The van der Waals surface area contributed by atoms with Gasteiger partial charge in [-0.05, 0) is 64.4 Å². The van der Waals surface area contributed by atoms with Gasteiger partial charge in [-0.2, -0.15) is 0 Å². The van der Waals surface area contributed by atoms with Crippen molar-refractivity contribution in [2.45, 2.75) is 52.7 Å². The zero-order valence-electron chi connectivity index (χ0n) is 18.5. The number of hydrogen-bond acceptors (Lipinski definition) is 4. The summed E-state index contributed by atoms with van der Waals surface area (Å²) in [5.74, 6) is 0.550. The number of rotatable bonds is 8. The molecule has 0 saturated heterocycles. The van der Waals surface area contributed by atoms with E-state index in [1.54, 1.807) is 25.7 Å². The summed E-state index contributed by atoms with van der Waals surface area (Å²) in [5, 5.41) is 2.76. The first-order chi connectivity index (χ1) is 14.2. The number of carbonyl (C=O) groups is 2. The van der Waals surface area contributed by atoms with E-state index in [1.807, 2.05) is 68.4 Å². The lowest BCUT2D eigenvalue weighted by Crippen LogP contribution is -2.51. The monoisotopic (exact) mass is 412 g/mol. The second kappa shape index (κ2) is 10.7. The van der Waals surface area contributed by atoms with E-state index in [2.05, 4.69) is 5.32 Å². The maximum Gasteiger partial charge on any atom is 0.408 e. The van der Waals surface area contributed by atoms with E-state index >= 15 is 0 Å². The molecule has 0 aromatic heterocycles. The maximum absolute atomic E-state index is 13.4. The molecular formula is C24H32N2O4. The Morgan fingerprint density at radius 2 is 1.63 bits per heavy atom. The Labute approximate surface area is 179 Å². The largest absolute Gasteiger partial charge is 0.494 e. The lowest BCUT2D eigenvalue weighted by molar-refractivity contribution is -0.120. The molecule has 2 aromatic rings. The Balaban J connectivity index is 2.24. The van der Waals surface area contributed by atoms with Gasteiger partial charge in [-0.1, -0.05) is 30.3 Å². The molecule has 0 aliphatic heterocycles. The lowest BCUT2D eigenvalue weighted by Gasteiger charge is -2.28. The van der Waals surface area contributed by atoms with Crippen molar-refractivity contribution in [1.82, 2.24) is 5.32 Å². The predicted octanol–water partition coefficient (Wildman–Crippen LogP) is 4.57. The molecule has 0 fully saturated rings. The number of likely N-dealkylation sites (N-methyl/N-ethyl adjacent to an activating group) is 1. The van der Waals surface area contributed by atoms with Crippen molar-refractivity contribution in [3.63, 3.8) is 0 Å². The van der Waals surface area contributed by atoms with Gasteiger partial charge in [0.1, 0.15) is 17.4 Å². The molecule has 1 N–H and O–H groups in total. The molecular weight excluding hydrogens is 380 g/mol. The standard InChI is InChI=1S/C24H32N2O4/c1-6-26(19-13-15-20(16-14-19)29-7-2)22(27)21(17-18-11-9-8-10-12-18)25-23(28)30-24(3,4)5/h8-16,21H,6-7,17H2,1-5H3,(H,25,28). The molecule has 0 heterocycles. The van der Waals surface area contributed by atoms with Crippen LogP contribution in [0.4, 0.5) is 10.5 Å². The minimum Gasteiger partial charge on any atom is -0.494 e. The van der Waals surface area contributed by atoms with Crippen molar-refractivity contribution >= 4 is 17.7 Å². The molecule has 2 rings (SSSR count). The number of ether oxygens (including phenoxy) is 2. The average Bonchev–Trinajstić information content (AvgIpc) is 2.69. The van der Waals surface area contributed by atoms with E-state index in [0.717, 1.165) is 17.0 Å². The number of carbonyl (C=O) groups excluding carboxylic acids is 2. The van der Waals surface area contributed by atoms with Gasteiger partial charge in [0.15, 0.2) is 0 Å². The Morgan fingerprint density at radius 1 is 1.00 bits per heavy atom. The van der Waals surface area contributed by atoms with Gasteiger partial charge < -0.3 is 19.7 Å². The highest BCUT2D eigenvalue weighted by atomic mass is 16.6. The Morgan fingerprint density at radius 3 is 2.17 bits per heavy atom. The molecule has 0 saturated carbocycles. The summed E-state index contributed by atoms with van der Waals surface area (Å²) < 4.78 is 10.9. The summed E-state index contributed by atoms with van der Waals surface area (Å²) in [6.45, 7) is 10.2. The van der Waals surface area contributed by atoms with E-state index in [9.17, 15) is 9.59 Å². The van der Waals surface area contributed by atoms with Crippen LogP contribution in [0, 0.1) is 0 Å². The van der Waals surface area contributed by atoms with Crippen molar-refractivity contribution in [2.24, 2.45) is 0 Å². The number of benzene rings is 2. The second-order valence-electron chi connectivity index (χ2n) is 7.90. The topological polar surface area (TPSA) is 67.9 Å². The van der Waals surface area contributed by atoms with Crippen molar-refractivity contribution in [3.05, 3.63) is 60.2 Å². The van der Waals surface area contributed by atoms with Crippen LogP contribution < -0.4 is 15.0 Å². The smallest absolute Gasteiger partial charge is 0.408 e. The minimum absolute atomic E-state index is 0.198. The first-order valence-electron chi connectivity index (χ1n) is 10.3. The van der Waals surface area contributed by atoms with Crippen molar-refractivity contribution in [1.29, 1.82) is 0 Å². The van der Waals surface area contributed by atoms with E-state index in [-0.39, 0.29) is 5.91 Å². The highest BCUT2D eigenvalue weighted by Crippen LogP contribution is 2.21. The van der Waals surface area contributed by atoms with Crippen molar-refractivity contribution in [3.8, 4) is 5.75 Å². The van der Waals surface area contributed by atoms with Crippen LogP contribution in [0.2, 0.25) is 0 Å². The molecule has 0 aliphatic carbocycles. The van der Waals surface area contributed by atoms with Gasteiger partial charge in [0.2, 0.25) is 5.91 Å². The summed E-state index contributed by atoms with van der Waals surface area (Å²) in [6.07, 6.45) is -0.244. The van der Waals surface area contributed by atoms with Crippen molar-refractivity contribution in [2.75, 3.05) is 18.1 Å². The SMILES string of the molecule is CCOc1ccc(N(CC)C(=O)C(Cc2ccccc2)NC(=O)OC(C)(C)C)cc1. The van der Waals surface area contributed by atoms with E-state index in [0.29, 0.717) is 19.6 Å². The molecule has 162 valence electrons. The van der Waals surface area contributed by atoms with Crippen LogP contribution in [0.15, 0.2) is 54.6 Å². The van der Waals surface area contributed by atoms with E-state index in [4.69, 9.17) is 9.47 Å². The van der Waals surface area contributed by atoms with Gasteiger partial charge in [-0.15, -0.1) is 0 Å². The summed E-state index contributed by atoms with van der Waals surface area (Å²) in [4.78, 5) is 27.5. The fourth-order valence-corrected chi connectivity index (χ4v) is 3.04. The zero-order valence-corrected chi connectivity index (χ0v) is 18.5. The molecule has 2 aromatic carbocycles. The lowest BCUT2D eigenvalue weighted by atomic mass is 10.0. The summed E-state index contributed by atoms with van der Waals surface area (Å²) in [5.41, 5.74) is 1.05. The fraction of sp³-hybridized carbons (Fsp3) is 0.417. The second-order valence-corrected chi connectivity index (χ2v) is 7.90. The normalized spacial score (nSPS) is 12.0. The quantitative estimate of drug-likeness (QED) is 0.689. The molecule has 0 bridgehead atoms. The molecule has 0 aliphatic rings.